The average molecular weight is 273 g/mol. The van der Waals surface area contributed by atoms with Crippen molar-refractivity contribution in [2.75, 3.05) is 19.0 Å². The summed E-state index contributed by atoms with van der Waals surface area (Å²) in [5.41, 5.74) is 3.77. The normalized spacial score (nSPS) is 13.0. The predicted octanol–water partition coefficient (Wildman–Crippen LogP) is 4.15. The van der Waals surface area contributed by atoms with Crippen molar-refractivity contribution in [3.8, 4) is 0 Å². The Morgan fingerprint density at radius 2 is 1.65 bits per heavy atom. The van der Waals surface area contributed by atoms with Crippen LogP contribution >= 0.6 is 0 Å². The first-order valence-electron chi connectivity index (χ1n) is 7.22. The van der Waals surface area contributed by atoms with Gasteiger partial charge in [-0.15, -0.1) is 0 Å². The van der Waals surface area contributed by atoms with Crippen molar-refractivity contribution in [1.82, 2.24) is 9.55 Å². The van der Waals surface area contributed by atoms with Crippen molar-refractivity contribution < 1.29 is 0 Å². The fourth-order valence-corrected chi connectivity index (χ4v) is 2.62. The summed E-state index contributed by atoms with van der Waals surface area (Å²) in [5, 5.41) is 1.28. The zero-order chi connectivity index (χ0) is 15.3. The number of nitrogens with zero attached hydrogens (tertiary/aromatic N) is 3. The van der Waals surface area contributed by atoms with Gasteiger partial charge in [0.05, 0.1) is 16.9 Å². The lowest BCUT2D eigenvalue weighted by Gasteiger charge is -2.23. The van der Waals surface area contributed by atoms with Crippen LogP contribution in [0.3, 0.4) is 0 Å². The van der Waals surface area contributed by atoms with Gasteiger partial charge in [0.1, 0.15) is 0 Å². The number of aromatic nitrogens is 2. The van der Waals surface area contributed by atoms with Crippen molar-refractivity contribution >= 4 is 16.6 Å². The van der Waals surface area contributed by atoms with Crippen molar-refractivity contribution in [2.24, 2.45) is 0 Å². The van der Waals surface area contributed by atoms with Crippen LogP contribution in [0.15, 0.2) is 18.5 Å². The smallest absolute Gasteiger partial charge is 0.0640 e. The molecule has 0 atom stereocenters. The van der Waals surface area contributed by atoms with Gasteiger partial charge in [0.2, 0.25) is 0 Å². The molecule has 0 fully saturated rings. The number of hydrogen-bond acceptors (Lipinski definition) is 2. The molecular formula is C17H27N3. The van der Waals surface area contributed by atoms with E-state index >= 15 is 0 Å². The lowest BCUT2D eigenvalue weighted by Crippen LogP contribution is -2.21. The number of pyridine rings is 1. The summed E-state index contributed by atoms with van der Waals surface area (Å²) < 4.78 is 2.36. The third-order valence-corrected chi connectivity index (χ3v) is 3.61. The van der Waals surface area contributed by atoms with Crippen LogP contribution in [-0.2, 0) is 11.0 Å². The van der Waals surface area contributed by atoms with E-state index < -0.39 is 0 Å². The van der Waals surface area contributed by atoms with Gasteiger partial charge in [-0.25, -0.2) is 0 Å². The summed E-state index contributed by atoms with van der Waals surface area (Å²) in [4.78, 5) is 6.86. The highest BCUT2D eigenvalue weighted by atomic mass is 15.1. The third kappa shape index (κ3) is 2.41. The van der Waals surface area contributed by atoms with E-state index in [9.17, 15) is 0 Å². The van der Waals surface area contributed by atoms with E-state index in [0.29, 0.717) is 0 Å². The van der Waals surface area contributed by atoms with Crippen LogP contribution in [0.1, 0.15) is 47.2 Å². The molecule has 2 aromatic heterocycles. The summed E-state index contributed by atoms with van der Waals surface area (Å²) in [6.45, 7) is 13.4. The molecule has 2 heterocycles. The first kappa shape index (κ1) is 14.9. The van der Waals surface area contributed by atoms with E-state index in [1.54, 1.807) is 0 Å². The van der Waals surface area contributed by atoms with E-state index in [1.807, 2.05) is 6.20 Å². The molecule has 0 unspecified atom stereocenters. The standard InChI is InChI=1S/C17H27N3/c1-16(2,3)15-14-12(9-10-18-15)20(17(4,5)6)11-13(14)19(7)8/h9-11H,1-8H3. The summed E-state index contributed by atoms with van der Waals surface area (Å²) >= 11 is 0. The second-order valence-corrected chi connectivity index (χ2v) is 7.75. The van der Waals surface area contributed by atoms with Gasteiger partial charge >= 0.3 is 0 Å². The fourth-order valence-electron chi connectivity index (χ4n) is 2.62. The monoisotopic (exact) mass is 273 g/mol. The minimum Gasteiger partial charge on any atom is -0.376 e. The summed E-state index contributed by atoms with van der Waals surface area (Å²) in [5.74, 6) is 0. The first-order valence-corrected chi connectivity index (χ1v) is 7.22. The number of rotatable bonds is 1. The largest absolute Gasteiger partial charge is 0.376 e. The zero-order valence-electron chi connectivity index (χ0n) is 14.1. The second kappa shape index (κ2) is 4.51. The lowest BCUT2D eigenvalue weighted by atomic mass is 9.89. The molecular weight excluding hydrogens is 246 g/mol. The first-order chi connectivity index (χ1) is 9.03. The van der Waals surface area contributed by atoms with Crippen molar-refractivity contribution in [1.29, 1.82) is 0 Å². The highest BCUT2D eigenvalue weighted by molar-refractivity contribution is 5.96. The number of fused-ring (bicyclic) bond motifs is 1. The van der Waals surface area contributed by atoms with Gasteiger partial charge in [-0.2, -0.15) is 0 Å². The molecule has 0 aliphatic carbocycles. The Labute approximate surface area is 122 Å². The molecule has 2 rings (SSSR count). The van der Waals surface area contributed by atoms with E-state index in [4.69, 9.17) is 0 Å². The molecule has 0 aliphatic rings. The molecule has 110 valence electrons. The second-order valence-electron chi connectivity index (χ2n) is 7.75. The van der Waals surface area contributed by atoms with Crippen molar-refractivity contribution in [2.45, 2.75) is 52.5 Å². The molecule has 2 aromatic rings. The Kier molecular flexibility index (Phi) is 3.35. The highest BCUT2D eigenvalue weighted by Gasteiger charge is 2.26. The zero-order valence-corrected chi connectivity index (χ0v) is 14.1. The summed E-state index contributed by atoms with van der Waals surface area (Å²) in [7, 11) is 4.20. The molecule has 0 aliphatic heterocycles. The van der Waals surface area contributed by atoms with Crippen LogP contribution in [0.25, 0.3) is 10.9 Å². The third-order valence-electron chi connectivity index (χ3n) is 3.61. The van der Waals surface area contributed by atoms with Gasteiger partial charge in [0, 0.05) is 42.8 Å². The van der Waals surface area contributed by atoms with Crippen LogP contribution < -0.4 is 4.90 Å². The molecule has 0 aromatic carbocycles. The van der Waals surface area contributed by atoms with Crippen LogP contribution in [-0.4, -0.2) is 23.6 Å². The summed E-state index contributed by atoms with van der Waals surface area (Å²) in [6.07, 6.45) is 4.19. The minimum atomic E-state index is 0.0360. The summed E-state index contributed by atoms with van der Waals surface area (Å²) in [6, 6.07) is 2.13. The molecule has 0 amide bonds. The molecule has 3 heteroatoms. The van der Waals surface area contributed by atoms with E-state index in [2.05, 4.69) is 82.4 Å². The lowest BCUT2D eigenvalue weighted by molar-refractivity contribution is 0.411. The van der Waals surface area contributed by atoms with Gasteiger partial charge in [-0.3, -0.25) is 4.98 Å². The van der Waals surface area contributed by atoms with Crippen molar-refractivity contribution in [3.05, 3.63) is 24.2 Å². The number of hydrogen-bond donors (Lipinski definition) is 0. The molecule has 0 spiro atoms. The Morgan fingerprint density at radius 1 is 1.05 bits per heavy atom. The van der Waals surface area contributed by atoms with E-state index in [1.165, 1.54) is 22.3 Å². The van der Waals surface area contributed by atoms with Crippen LogP contribution in [0.2, 0.25) is 0 Å². The van der Waals surface area contributed by atoms with Crippen LogP contribution in [0, 0.1) is 0 Å². The maximum absolute atomic E-state index is 4.68. The van der Waals surface area contributed by atoms with Gasteiger partial charge in [0.15, 0.2) is 0 Å². The van der Waals surface area contributed by atoms with Gasteiger partial charge in [0.25, 0.3) is 0 Å². The van der Waals surface area contributed by atoms with Crippen LogP contribution in [0.4, 0.5) is 5.69 Å². The minimum absolute atomic E-state index is 0.0360. The molecule has 0 radical (unpaired) electrons. The van der Waals surface area contributed by atoms with Crippen LogP contribution in [0.5, 0.6) is 0 Å². The van der Waals surface area contributed by atoms with Gasteiger partial charge in [-0.05, 0) is 26.8 Å². The SMILES string of the molecule is CN(C)c1cn(C(C)(C)C)c2ccnc(C(C)(C)C)c12. The fraction of sp³-hybridized carbons (Fsp3) is 0.588. The van der Waals surface area contributed by atoms with E-state index in [-0.39, 0.29) is 11.0 Å². The predicted molar refractivity (Wildman–Crippen MR) is 87.8 cm³/mol. The van der Waals surface area contributed by atoms with E-state index in [0.717, 1.165) is 0 Å². The molecule has 0 N–H and O–H groups in total. The Morgan fingerprint density at radius 3 is 2.10 bits per heavy atom. The number of anilines is 1. The molecule has 0 bridgehead atoms. The molecule has 0 saturated carbocycles. The quantitative estimate of drug-likeness (QED) is 0.778. The molecule has 20 heavy (non-hydrogen) atoms. The van der Waals surface area contributed by atoms with Gasteiger partial charge < -0.3 is 9.47 Å². The molecule has 3 nitrogen and oxygen atoms in total. The van der Waals surface area contributed by atoms with Crippen molar-refractivity contribution in [3.63, 3.8) is 0 Å². The Hall–Kier alpha value is -1.51. The maximum Gasteiger partial charge on any atom is 0.0640 e. The Balaban J connectivity index is 2.91. The maximum atomic E-state index is 4.68. The van der Waals surface area contributed by atoms with Gasteiger partial charge in [-0.1, -0.05) is 20.8 Å². The molecule has 0 saturated heterocycles. The Bertz CT molecular complexity index is 622. The topological polar surface area (TPSA) is 21.1 Å². The highest BCUT2D eigenvalue weighted by Crippen LogP contribution is 2.37. The average Bonchev–Trinajstić information content (AvgIpc) is 2.65.